The van der Waals surface area contributed by atoms with Gasteiger partial charge in [-0.15, -0.1) is 0 Å². The van der Waals surface area contributed by atoms with Crippen LogP contribution in [-0.4, -0.2) is 26.6 Å². The molecular formula is C20H20N2O3S. The Hall–Kier alpha value is -2.86. The molecule has 5 nitrogen and oxygen atoms in total. The van der Waals surface area contributed by atoms with Gasteiger partial charge in [-0.1, -0.05) is 54.6 Å². The fraction of sp³-hybridized carbons (Fsp3) is 0.150. The van der Waals surface area contributed by atoms with Crippen molar-refractivity contribution < 1.29 is 13.2 Å². The maximum absolute atomic E-state index is 12.8. The molecule has 0 aliphatic heterocycles. The lowest BCUT2D eigenvalue weighted by molar-refractivity contribution is -0.116. The molecule has 0 radical (unpaired) electrons. The van der Waals surface area contributed by atoms with Gasteiger partial charge in [0, 0.05) is 11.1 Å². The van der Waals surface area contributed by atoms with Gasteiger partial charge in [-0.2, -0.15) is 0 Å². The summed E-state index contributed by atoms with van der Waals surface area (Å²) in [6.45, 7) is 1.58. The number of hydrogen-bond donors (Lipinski definition) is 1. The lowest BCUT2D eigenvalue weighted by atomic mass is 10.1. The molecule has 1 N–H and O–H groups in total. The monoisotopic (exact) mass is 368 g/mol. The zero-order valence-electron chi connectivity index (χ0n) is 14.6. The molecule has 1 amide bonds. The predicted molar refractivity (Wildman–Crippen MR) is 106 cm³/mol. The highest BCUT2D eigenvalue weighted by molar-refractivity contribution is 7.92. The second kappa shape index (κ2) is 7.17. The van der Waals surface area contributed by atoms with Gasteiger partial charge in [0.05, 0.1) is 11.9 Å². The van der Waals surface area contributed by atoms with Gasteiger partial charge in [-0.05, 0) is 30.5 Å². The summed E-state index contributed by atoms with van der Waals surface area (Å²) in [5, 5.41) is 4.77. The van der Waals surface area contributed by atoms with Crippen molar-refractivity contribution in [2.24, 2.45) is 0 Å². The van der Waals surface area contributed by atoms with Crippen molar-refractivity contribution in [3.05, 3.63) is 72.8 Å². The Morgan fingerprint density at radius 2 is 1.54 bits per heavy atom. The molecule has 0 heterocycles. The van der Waals surface area contributed by atoms with Gasteiger partial charge < -0.3 is 5.32 Å². The summed E-state index contributed by atoms with van der Waals surface area (Å²) in [6, 6.07) is 21.0. The summed E-state index contributed by atoms with van der Waals surface area (Å²) in [5.74, 6) is -0.393. The number of para-hydroxylation sites is 1. The summed E-state index contributed by atoms with van der Waals surface area (Å²) < 4.78 is 25.7. The number of amides is 1. The van der Waals surface area contributed by atoms with Gasteiger partial charge in [0.2, 0.25) is 15.9 Å². The van der Waals surface area contributed by atoms with Gasteiger partial charge in [0.1, 0.15) is 6.04 Å². The molecule has 0 saturated carbocycles. The van der Waals surface area contributed by atoms with Crippen LogP contribution in [0.1, 0.15) is 6.92 Å². The Kier molecular flexibility index (Phi) is 4.95. The Labute approximate surface area is 153 Å². The molecule has 0 spiro atoms. The van der Waals surface area contributed by atoms with Gasteiger partial charge in [0.25, 0.3) is 0 Å². The number of fused-ring (bicyclic) bond motifs is 1. The summed E-state index contributed by atoms with van der Waals surface area (Å²) in [5.41, 5.74) is 1.11. The van der Waals surface area contributed by atoms with E-state index in [0.29, 0.717) is 11.4 Å². The summed E-state index contributed by atoms with van der Waals surface area (Å²) in [6.07, 6.45) is 1.10. The molecule has 0 bridgehead atoms. The van der Waals surface area contributed by atoms with Crippen LogP contribution in [0.5, 0.6) is 0 Å². The van der Waals surface area contributed by atoms with Gasteiger partial charge >= 0.3 is 0 Å². The Morgan fingerprint density at radius 1 is 0.923 bits per heavy atom. The first-order valence-corrected chi connectivity index (χ1v) is 10.1. The maximum Gasteiger partial charge on any atom is 0.248 e. The summed E-state index contributed by atoms with van der Waals surface area (Å²) >= 11 is 0. The number of anilines is 2. The molecule has 0 aromatic heterocycles. The third-order valence-corrected chi connectivity index (χ3v) is 5.39. The number of nitrogens with one attached hydrogen (secondary N) is 1. The molecule has 3 aromatic carbocycles. The van der Waals surface area contributed by atoms with Crippen LogP contribution in [-0.2, 0) is 14.8 Å². The quantitative estimate of drug-likeness (QED) is 0.748. The Balaban J connectivity index is 1.92. The molecule has 3 aromatic rings. The topological polar surface area (TPSA) is 66.5 Å². The zero-order valence-corrected chi connectivity index (χ0v) is 15.4. The normalized spacial score (nSPS) is 12.5. The minimum Gasteiger partial charge on any atom is -0.324 e. The standard InChI is InChI=1S/C20H20N2O3S/c1-15(22(26(2,24)25)17-11-4-3-5-12-17)20(23)21-19-14-8-10-16-9-6-7-13-18(16)19/h3-15H,1-2H3,(H,21,23)/t15-/m1/s1. The van der Waals surface area contributed by atoms with E-state index >= 15 is 0 Å². The van der Waals surface area contributed by atoms with Crippen LogP contribution in [0.3, 0.4) is 0 Å². The van der Waals surface area contributed by atoms with E-state index in [2.05, 4.69) is 5.32 Å². The molecule has 0 fully saturated rings. The summed E-state index contributed by atoms with van der Waals surface area (Å²) in [4.78, 5) is 12.8. The lowest BCUT2D eigenvalue weighted by Crippen LogP contribution is -2.45. The van der Waals surface area contributed by atoms with Crippen molar-refractivity contribution in [3.63, 3.8) is 0 Å². The average Bonchev–Trinajstić information content (AvgIpc) is 2.62. The van der Waals surface area contributed by atoms with E-state index in [1.54, 1.807) is 43.3 Å². The second-order valence-electron chi connectivity index (χ2n) is 6.09. The van der Waals surface area contributed by atoms with Crippen LogP contribution >= 0.6 is 0 Å². The number of carbonyl (C=O) groups excluding carboxylic acids is 1. The third-order valence-electron chi connectivity index (χ3n) is 4.15. The first-order chi connectivity index (χ1) is 12.4. The minimum atomic E-state index is -3.62. The number of sulfonamides is 1. The first-order valence-electron chi connectivity index (χ1n) is 8.21. The number of rotatable bonds is 5. The van der Waals surface area contributed by atoms with Crippen molar-refractivity contribution in [1.29, 1.82) is 0 Å². The number of hydrogen-bond acceptors (Lipinski definition) is 3. The molecule has 1 atom stereocenters. The van der Waals surface area contributed by atoms with E-state index < -0.39 is 22.0 Å². The fourth-order valence-electron chi connectivity index (χ4n) is 2.96. The molecule has 0 aliphatic rings. The molecule has 0 unspecified atom stereocenters. The molecular weight excluding hydrogens is 348 g/mol. The SMILES string of the molecule is C[C@H](C(=O)Nc1cccc2ccccc12)N(c1ccccc1)S(C)(=O)=O. The predicted octanol–water partition coefficient (Wildman–Crippen LogP) is 3.63. The minimum absolute atomic E-state index is 0.393. The van der Waals surface area contributed by atoms with E-state index in [9.17, 15) is 13.2 Å². The van der Waals surface area contributed by atoms with E-state index in [0.717, 1.165) is 21.3 Å². The third kappa shape index (κ3) is 3.70. The number of carbonyl (C=O) groups is 1. The van der Waals surface area contributed by atoms with Crippen molar-refractivity contribution in [1.82, 2.24) is 0 Å². The lowest BCUT2D eigenvalue weighted by Gasteiger charge is -2.28. The second-order valence-corrected chi connectivity index (χ2v) is 7.95. The molecule has 134 valence electrons. The molecule has 0 aliphatic carbocycles. The number of benzene rings is 3. The first kappa shape index (κ1) is 17.9. The van der Waals surface area contributed by atoms with Crippen LogP contribution in [0.2, 0.25) is 0 Å². The molecule has 26 heavy (non-hydrogen) atoms. The fourth-order valence-corrected chi connectivity index (χ4v) is 4.13. The highest BCUT2D eigenvalue weighted by Crippen LogP contribution is 2.25. The smallest absolute Gasteiger partial charge is 0.248 e. The van der Waals surface area contributed by atoms with Crippen LogP contribution < -0.4 is 9.62 Å². The van der Waals surface area contributed by atoms with E-state index in [4.69, 9.17) is 0 Å². The highest BCUT2D eigenvalue weighted by Gasteiger charge is 2.29. The largest absolute Gasteiger partial charge is 0.324 e. The van der Waals surface area contributed by atoms with Crippen LogP contribution in [0.4, 0.5) is 11.4 Å². The van der Waals surface area contributed by atoms with E-state index in [1.807, 2.05) is 36.4 Å². The Morgan fingerprint density at radius 3 is 2.23 bits per heavy atom. The average molecular weight is 368 g/mol. The van der Waals surface area contributed by atoms with Crippen molar-refractivity contribution in [2.75, 3.05) is 15.9 Å². The van der Waals surface area contributed by atoms with Crippen molar-refractivity contribution >= 4 is 38.1 Å². The van der Waals surface area contributed by atoms with Crippen LogP contribution in [0.15, 0.2) is 72.8 Å². The van der Waals surface area contributed by atoms with Crippen LogP contribution in [0.25, 0.3) is 10.8 Å². The highest BCUT2D eigenvalue weighted by atomic mass is 32.2. The van der Waals surface area contributed by atoms with Crippen molar-refractivity contribution in [2.45, 2.75) is 13.0 Å². The Bertz CT molecular complexity index is 1030. The zero-order chi connectivity index (χ0) is 18.7. The van der Waals surface area contributed by atoms with Crippen LogP contribution in [0, 0.1) is 0 Å². The molecule has 3 rings (SSSR count). The molecule has 6 heteroatoms. The van der Waals surface area contributed by atoms with Gasteiger partial charge in [-0.3, -0.25) is 9.10 Å². The summed E-state index contributed by atoms with van der Waals surface area (Å²) in [7, 11) is -3.62. The van der Waals surface area contributed by atoms with Gasteiger partial charge in [-0.25, -0.2) is 8.42 Å². The van der Waals surface area contributed by atoms with E-state index in [1.165, 1.54) is 0 Å². The number of nitrogens with zero attached hydrogens (tertiary/aromatic N) is 1. The van der Waals surface area contributed by atoms with Crippen molar-refractivity contribution in [3.8, 4) is 0 Å². The van der Waals surface area contributed by atoms with Gasteiger partial charge in [0.15, 0.2) is 0 Å². The molecule has 0 saturated heterocycles. The maximum atomic E-state index is 12.8. The van der Waals surface area contributed by atoms with E-state index in [-0.39, 0.29) is 0 Å².